The Morgan fingerprint density at radius 3 is 2.47 bits per heavy atom. The summed E-state index contributed by atoms with van der Waals surface area (Å²) in [6.07, 6.45) is 3.49. The van der Waals surface area contributed by atoms with E-state index in [9.17, 15) is 4.79 Å². The molecule has 2 heterocycles. The van der Waals surface area contributed by atoms with E-state index in [1.807, 2.05) is 44.1 Å². The topological polar surface area (TPSA) is 49.0 Å². The minimum atomic E-state index is -0.0645. The van der Waals surface area contributed by atoms with Crippen LogP contribution in [-0.2, 0) is 0 Å². The Balaban J connectivity index is 2.63. The number of H-pyrrole nitrogens is 1. The number of nitrogens with zero attached hydrogens (tertiary/aromatic N) is 2. The molecule has 88 valence electrons. The van der Waals surface area contributed by atoms with Crippen LogP contribution in [0.25, 0.3) is 11.1 Å². The predicted octanol–water partition coefficient (Wildman–Crippen LogP) is 1.81. The summed E-state index contributed by atoms with van der Waals surface area (Å²) in [7, 11) is 3.71. The molecular formula is C13H15N3O. The third kappa shape index (κ3) is 2.20. The Hall–Kier alpha value is -2.10. The van der Waals surface area contributed by atoms with E-state index < -0.39 is 0 Å². The molecule has 17 heavy (non-hydrogen) atoms. The molecule has 0 aliphatic rings. The van der Waals surface area contributed by atoms with E-state index in [1.54, 1.807) is 12.4 Å². The van der Waals surface area contributed by atoms with Crippen molar-refractivity contribution in [2.75, 3.05) is 19.0 Å². The normalized spacial score (nSPS) is 10.3. The maximum absolute atomic E-state index is 11.8. The molecule has 1 N–H and O–H groups in total. The highest BCUT2D eigenvalue weighted by molar-refractivity contribution is 5.69. The summed E-state index contributed by atoms with van der Waals surface area (Å²) >= 11 is 0. The van der Waals surface area contributed by atoms with Crippen LogP contribution in [0.2, 0.25) is 0 Å². The Morgan fingerprint density at radius 1 is 1.24 bits per heavy atom. The highest BCUT2D eigenvalue weighted by Gasteiger charge is 2.08. The lowest BCUT2D eigenvalue weighted by Gasteiger charge is -2.14. The van der Waals surface area contributed by atoms with Gasteiger partial charge in [0, 0.05) is 37.7 Å². The first-order chi connectivity index (χ1) is 8.09. The van der Waals surface area contributed by atoms with Crippen LogP contribution in [0.1, 0.15) is 5.69 Å². The Morgan fingerprint density at radius 2 is 1.88 bits per heavy atom. The minimum Gasteiger partial charge on any atom is -0.373 e. The van der Waals surface area contributed by atoms with Crippen LogP contribution < -0.4 is 10.5 Å². The van der Waals surface area contributed by atoms with Gasteiger partial charge in [-0.2, -0.15) is 0 Å². The first-order valence-corrected chi connectivity index (χ1v) is 5.41. The molecule has 2 aromatic rings. The van der Waals surface area contributed by atoms with Gasteiger partial charge in [0.05, 0.1) is 0 Å². The van der Waals surface area contributed by atoms with Crippen molar-refractivity contribution in [1.29, 1.82) is 0 Å². The van der Waals surface area contributed by atoms with Crippen molar-refractivity contribution in [3.05, 3.63) is 46.6 Å². The van der Waals surface area contributed by atoms with Gasteiger partial charge in [-0.3, -0.25) is 9.78 Å². The Labute approximate surface area is 99.9 Å². The molecule has 0 saturated heterocycles. The van der Waals surface area contributed by atoms with Crippen molar-refractivity contribution < 1.29 is 0 Å². The van der Waals surface area contributed by atoms with E-state index in [4.69, 9.17) is 0 Å². The molecule has 4 heteroatoms. The molecule has 0 aliphatic carbocycles. The summed E-state index contributed by atoms with van der Waals surface area (Å²) in [6.45, 7) is 1.90. The van der Waals surface area contributed by atoms with Gasteiger partial charge >= 0.3 is 0 Å². The van der Waals surface area contributed by atoms with Crippen molar-refractivity contribution >= 4 is 5.69 Å². The van der Waals surface area contributed by atoms with E-state index in [-0.39, 0.29) is 5.56 Å². The van der Waals surface area contributed by atoms with Gasteiger partial charge in [0.1, 0.15) is 5.69 Å². The minimum absolute atomic E-state index is 0.0645. The molecule has 0 saturated carbocycles. The Kier molecular flexibility index (Phi) is 2.95. The molecule has 2 aromatic heterocycles. The maximum Gasteiger partial charge on any atom is 0.271 e. The van der Waals surface area contributed by atoms with Crippen molar-refractivity contribution in [1.82, 2.24) is 9.97 Å². The predicted molar refractivity (Wildman–Crippen MR) is 69.4 cm³/mol. The van der Waals surface area contributed by atoms with E-state index >= 15 is 0 Å². The first kappa shape index (κ1) is 11.4. The quantitative estimate of drug-likeness (QED) is 0.854. The molecule has 0 aromatic carbocycles. The molecule has 2 rings (SSSR count). The molecule has 0 bridgehead atoms. The molecule has 4 nitrogen and oxygen atoms in total. The maximum atomic E-state index is 11.8. The zero-order chi connectivity index (χ0) is 12.4. The highest BCUT2D eigenvalue weighted by Crippen LogP contribution is 2.23. The lowest BCUT2D eigenvalue weighted by atomic mass is 10.1. The number of pyridine rings is 2. The SMILES string of the molecule is Cc1[nH]c(=O)c(N(C)C)cc1-c1ccncc1. The third-order valence-corrected chi connectivity index (χ3v) is 2.69. The fourth-order valence-electron chi connectivity index (χ4n) is 1.78. The van der Waals surface area contributed by atoms with Crippen LogP contribution >= 0.6 is 0 Å². The van der Waals surface area contributed by atoms with E-state index in [0.29, 0.717) is 5.69 Å². The van der Waals surface area contributed by atoms with Gasteiger partial charge in [-0.1, -0.05) is 0 Å². The lowest BCUT2D eigenvalue weighted by molar-refractivity contribution is 1.06. The smallest absolute Gasteiger partial charge is 0.271 e. The lowest BCUT2D eigenvalue weighted by Crippen LogP contribution is -2.21. The molecule has 0 amide bonds. The fourth-order valence-corrected chi connectivity index (χ4v) is 1.78. The number of aromatic nitrogens is 2. The number of hydrogen-bond acceptors (Lipinski definition) is 3. The van der Waals surface area contributed by atoms with Crippen LogP contribution in [0.15, 0.2) is 35.4 Å². The molecule has 0 atom stereocenters. The van der Waals surface area contributed by atoms with Gasteiger partial charge < -0.3 is 9.88 Å². The van der Waals surface area contributed by atoms with Crippen LogP contribution in [0.4, 0.5) is 5.69 Å². The van der Waals surface area contributed by atoms with E-state index in [1.165, 1.54) is 0 Å². The third-order valence-electron chi connectivity index (χ3n) is 2.69. The number of aromatic amines is 1. The fraction of sp³-hybridized carbons (Fsp3) is 0.231. The summed E-state index contributed by atoms with van der Waals surface area (Å²) in [4.78, 5) is 20.4. The van der Waals surface area contributed by atoms with Gasteiger partial charge in [0.15, 0.2) is 0 Å². The summed E-state index contributed by atoms with van der Waals surface area (Å²) in [5.74, 6) is 0. The molecule has 0 spiro atoms. The highest BCUT2D eigenvalue weighted by atomic mass is 16.1. The molecule has 0 radical (unpaired) electrons. The second-order valence-electron chi connectivity index (χ2n) is 4.15. The summed E-state index contributed by atoms with van der Waals surface area (Å²) in [6, 6.07) is 5.77. The Bertz CT molecular complexity index is 573. The molecule has 0 unspecified atom stereocenters. The largest absolute Gasteiger partial charge is 0.373 e. The van der Waals surface area contributed by atoms with Gasteiger partial charge in [0.25, 0.3) is 5.56 Å². The second kappa shape index (κ2) is 4.41. The first-order valence-electron chi connectivity index (χ1n) is 5.41. The van der Waals surface area contributed by atoms with Crippen molar-refractivity contribution in [3.8, 4) is 11.1 Å². The van der Waals surface area contributed by atoms with Crippen LogP contribution in [0.5, 0.6) is 0 Å². The van der Waals surface area contributed by atoms with Gasteiger partial charge in [-0.15, -0.1) is 0 Å². The summed E-state index contributed by atoms with van der Waals surface area (Å²) in [5.41, 5.74) is 3.53. The number of nitrogens with one attached hydrogen (secondary N) is 1. The number of rotatable bonds is 2. The van der Waals surface area contributed by atoms with E-state index in [0.717, 1.165) is 16.8 Å². The zero-order valence-corrected chi connectivity index (χ0v) is 10.2. The molecular weight excluding hydrogens is 214 g/mol. The summed E-state index contributed by atoms with van der Waals surface area (Å²) < 4.78 is 0. The molecule has 0 aliphatic heterocycles. The monoisotopic (exact) mass is 229 g/mol. The average molecular weight is 229 g/mol. The van der Waals surface area contributed by atoms with Crippen LogP contribution in [0.3, 0.4) is 0 Å². The van der Waals surface area contributed by atoms with Crippen LogP contribution in [-0.4, -0.2) is 24.1 Å². The summed E-state index contributed by atoms with van der Waals surface area (Å²) in [5, 5.41) is 0. The standard InChI is InChI=1S/C13H15N3O/c1-9-11(10-4-6-14-7-5-10)8-12(16(2)3)13(17)15-9/h4-8H,1-3H3,(H,15,17). The van der Waals surface area contributed by atoms with Crippen molar-refractivity contribution in [2.45, 2.75) is 6.92 Å². The second-order valence-corrected chi connectivity index (χ2v) is 4.15. The number of anilines is 1. The van der Waals surface area contributed by atoms with Gasteiger partial charge in [-0.05, 0) is 30.7 Å². The van der Waals surface area contributed by atoms with Crippen molar-refractivity contribution in [3.63, 3.8) is 0 Å². The zero-order valence-electron chi connectivity index (χ0n) is 10.2. The van der Waals surface area contributed by atoms with Crippen molar-refractivity contribution in [2.24, 2.45) is 0 Å². The average Bonchev–Trinajstić information content (AvgIpc) is 2.29. The van der Waals surface area contributed by atoms with Gasteiger partial charge in [-0.25, -0.2) is 0 Å². The van der Waals surface area contributed by atoms with Crippen LogP contribution in [0, 0.1) is 6.92 Å². The number of aryl methyl sites for hydroxylation is 1. The molecule has 0 fully saturated rings. The van der Waals surface area contributed by atoms with E-state index in [2.05, 4.69) is 9.97 Å². The van der Waals surface area contributed by atoms with Gasteiger partial charge in [0.2, 0.25) is 0 Å². The number of hydrogen-bond donors (Lipinski definition) is 1.